The highest BCUT2D eigenvalue weighted by Gasteiger charge is 2.17. The third kappa shape index (κ3) is 3.20. The van der Waals surface area contributed by atoms with Crippen molar-refractivity contribution in [3.8, 4) is 0 Å². The van der Waals surface area contributed by atoms with E-state index in [9.17, 15) is 4.79 Å². The quantitative estimate of drug-likeness (QED) is 0.847. The highest BCUT2D eigenvalue weighted by Crippen LogP contribution is 2.17. The molecule has 0 aliphatic carbocycles. The van der Waals surface area contributed by atoms with Crippen molar-refractivity contribution < 1.29 is 4.79 Å². The number of carbonyl (C=O) groups excluding carboxylic acids is 1. The van der Waals surface area contributed by atoms with Gasteiger partial charge in [0.2, 0.25) is 0 Å². The molecule has 92 valence electrons. The summed E-state index contributed by atoms with van der Waals surface area (Å²) in [6, 6.07) is 5.72. The average Bonchev–Trinajstić information content (AvgIpc) is 2.30. The summed E-state index contributed by atoms with van der Waals surface area (Å²) in [5.41, 5.74) is 1.62. The molecule has 1 amide bonds. The highest BCUT2D eigenvalue weighted by atomic mass is 35.5. The summed E-state index contributed by atoms with van der Waals surface area (Å²) in [4.78, 5) is 12.0. The largest absolute Gasteiger partial charge is 0.348 e. The van der Waals surface area contributed by atoms with Gasteiger partial charge < -0.3 is 10.6 Å². The van der Waals surface area contributed by atoms with Gasteiger partial charge in [0.05, 0.1) is 10.6 Å². The number of aryl methyl sites for hydroxylation is 1. The number of piperidine rings is 1. The van der Waals surface area contributed by atoms with Gasteiger partial charge in [-0.2, -0.15) is 0 Å². The zero-order valence-electron chi connectivity index (χ0n) is 9.92. The monoisotopic (exact) mass is 252 g/mol. The molecule has 1 aromatic carbocycles. The fraction of sp³-hybridized carbons (Fsp3) is 0.462. The van der Waals surface area contributed by atoms with Crippen molar-refractivity contribution in [2.75, 3.05) is 13.1 Å². The Morgan fingerprint density at radius 3 is 3.00 bits per heavy atom. The molecule has 0 bridgehead atoms. The minimum Gasteiger partial charge on any atom is -0.348 e. The van der Waals surface area contributed by atoms with Crippen LogP contribution < -0.4 is 10.6 Å². The first kappa shape index (κ1) is 12.4. The fourth-order valence-electron chi connectivity index (χ4n) is 2.04. The second kappa shape index (κ2) is 5.52. The second-order valence-electron chi connectivity index (χ2n) is 4.50. The van der Waals surface area contributed by atoms with Crippen molar-refractivity contribution in [2.45, 2.75) is 25.8 Å². The summed E-state index contributed by atoms with van der Waals surface area (Å²) in [6.45, 7) is 3.84. The topological polar surface area (TPSA) is 41.1 Å². The van der Waals surface area contributed by atoms with E-state index in [4.69, 9.17) is 11.6 Å². The first-order chi connectivity index (χ1) is 8.16. The molecule has 1 fully saturated rings. The van der Waals surface area contributed by atoms with Gasteiger partial charge in [-0.3, -0.25) is 4.79 Å². The van der Waals surface area contributed by atoms with Gasteiger partial charge in [0, 0.05) is 12.6 Å². The molecular formula is C13H17ClN2O. The molecular weight excluding hydrogens is 236 g/mol. The smallest absolute Gasteiger partial charge is 0.253 e. The van der Waals surface area contributed by atoms with E-state index in [1.54, 1.807) is 6.07 Å². The van der Waals surface area contributed by atoms with Gasteiger partial charge in [0.15, 0.2) is 0 Å². The van der Waals surface area contributed by atoms with Crippen LogP contribution in [0.3, 0.4) is 0 Å². The van der Waals surface area contributed by atoms with Gasteiger partial charge >= 0.3 is 0 Å². The van der Waals surface area contributed by atoms with E-state index < -0.39 is 0 Å². The summed E-state index contributed by atoms with van der Waals surface area (Å²) in [6.07, 6.45) is 2.13. The number of hydrogen-bond donors (Lipinski definition) is 2. The zero-order valence-corrected chi connectivity index (χ0v) is 10.7. The van der Waals surface area contributed by atoms with Crippen molar-refractivity contribution >= 4 is 17.5 Å². The van der Waals surface area contributed by atoms with Gasteiger partial charge in [-0.05, 0) is 44.0 Å². The van der Waals surface area contributed by atoms with Gasteiger partial charge in [-0.15, -0.1) is 0 Å². The lowest BCUT2D eigenvalue weighted by molar-refractivity contribution is 0.0931. The van der Waals surface area contributed by atoms with E-state index in [1.807, 2.05) is 19.1 Å². The van der Waals surface area contributed by atoms with E-state index in [-0.39, 0.29) is 11.9 Å². The number of amides is 1. The fourth-order valence-corrected chi connectivity index (χ4v) is 2.36. The van der Waals surface area contributed by atoms with E-state index in [1.165, 1.54) is 0 Å². The number of hydrogen-bond acceptors (Lipinski definition) is 2. The van der Waals surface area contributed by atoms with Gasteiger partial charge in [0.25, 0.3) is 5.91 Å². The lowest BCUT2D eigenvalue weighted by Gasteiger charge is -2.24. The maximum Gasteiger partial charge on any atom is 0.253 e. The Hall–Kier alpha value is -1.06. The molecule has 0 saturated carbocycles. The minimum atomic E-state index is -0.0799. The summed E-state index contributed by atoms with van der Waals surface area (Å²) in [5, 5.41) is 6.80. The van der Waals surface area contributed by atoms with Crippen LogP contribution in [0.4, 0.5) is 0 Å². The Morgan fingerprint density at radius 1 is 1.53 bits per heavy atom. The van der Waals surface area contributed by atoms with Crippen molar-refractivity contribution in [3.63, 3.8) is 0 Å². The lowest BCUT2D eigenvalue weighted by Crippen LogP contribution is -2.45. The summed E-state index contributed by atoms with van der Waals surface area (Å²) in [7, 11) is 0. The van der Waals surface area contributed by atoms with Crippen LogP contribution in [0.15, 0.2) is 18.2 Å². The molecule has 1 heterocycles. The Balaban J connectivity index is 2.03. The summed E-state index contributed by atoms with van der Waals surface area (Å²) in [5.74, 6) is -0.0799. The number of nitrogens with one attached hydrogen (secondary N) is 2. The third-order valence-electron chi connectivity index (χ3n) is 3.00. The van der Waals surface area contributed by atoms with Crippen molar-refractivity contribution in [1.82, 2.24) is 10.6 Å². The van der Waals surface area contributed by atoms with Gasteiger partial charge in [-0.25, -0.2) is 0 Å². The van der Waals surface area contributed by atoms with E-state index in [0.717, 1.165) is 31.5 Å². The molecule has 4 heteroatoms. The Morgan fingerprint density at radius 2 is 2.35 bits per heavy atom. The van der Waals surface area contributed by atoms with Crippen LogP contribution in [-0.4, -0.2) is 25.0 Å². The molecule has 1 aliphatic heterocycles. The predicted molar refractivity (Wildman–Crippen MR) is 69.5 cm³/mol. The Kier molecular flexibility index (Phi) is 4.02. The van der Waals surface area contributed by atoms with Crippen LogP contribution in [-0.2, 0) is 0 Å². The van der Waals surface area contributed by atoms with Crippen molar-refractivity contribution in [1.29, 1.82) is 0 Å². The molecule has 1 aromatic rings. The number of carbonyl (C=O) groups is 1. The number of rotatable bonds is 2. The summed E-state index contributed by atoms with van der Waals surface area (Å²) < 4.78 is 0. The maximum absolute atomic E-state index is 12.0. The molecule has 0 spiro atoms. The second-order valence-corrected chi connectivity index (χ2v) is 4.91. The van der Waals surface area contributed by atoms with E-state index in [2.05, 4.69) is 10.6 Å². The Bertz CT molecular complexity index is 414. The normalized spacial score (nSPS) is 20.0. The van der Waals surface area contributed by atoms with Crippen LogP contribution in [0.1, 0.15) is 28.8 Å². The lowest BCUT2D eigenvalue weighted by atomic mass is 10.1. The molecule has 2 rings (SSSR count). The van der Waals surface area contributed by atoms with Crippen LogP contribution in [0.5, 0.6) is 0 Å². The van der Waals surface area contributed by atoms with Crippen LogP contribution in [0.25, 0.3) is 0 Å². The van der Waals surface area contributed by atoms with Crippen molar-refractivity contribution in [2.24, 2.45) is 0 Å². The minimum absolute atomic E-state index is 0.0799. The maximum atomic E-state index is 12.0. The molecule has 0 unspecified atom stereocenters. The SMILES string of the molecule is Cc1ccc(C(=O)N[C@H]2CCCNC2)c(Cl)c1. The molecule has 17 heavy (non-hydrogen) atoms. The molecule has 0 radical (unpaired) electrons. The van der Waals surface area contributed by atoms with E-state index >= 15 is 0 Å². The highest BCUT2D eigenvalue weighted by molar-refractivity contribution is 6.33. The molecule has 3 nitrogen and oxygen atoms in total. The average molecular weight is 253 g/mol. The predicted octanol–water partition coefficient (Wildman–Crippen LogP) is 2.13. The first-order valence-corrected chi connectivity index (χ1v) is 6.32. The van der Waals surface area contributed by atoms with Gasteiger partial charge in [-0.1, -0.05) is 17.7 Å². The summed E-state index contributed by atoms with van der Waals surface area (Å²) >= 11 is 6.07. The molecule has 1 aliphatic rings. The molecule has 1 atom stereocenters. The van der Waals surface area contributed by atoms with Crippen molar-refractivity contribution in [3.05, 3.63) is 34.3 Å². The molecule has 1 saturated heterocycles. The Labute approximate surface area is 107 Å². The zero-order chi connectivity index (χ0) is 12.3. The molecule has 2 N–H and O–H groups in total. The third-order valence-corrected chi connectivity index (χ3v) is 3.31. The number of benzene rings is 1. The molecule has 0 aromatic heterocycles. The number of halogens is 1. The van der Waals surface area contributed by atoms with Crippen LogP contribution in [0, 0.1) is 6.92 Å². The van der Waals surface area contributed by atoms with Crippen LogP contribution >= 0.6 is 11.6 Å². The first-order valence-electron chi connectivity index (χ1n) is 5.94. The van der Waals surface area contributed by atoms with Gasteiger partial charge in [0.1, 0.15) is 0 Å². The standard InChI is InChI=1S/C13H17ClN2O/c1-9-4-5-11(12(14)7-9)13(17)16-10-3-2-6-15-8-10/h4-5,7,10,15H,2-3,6,8H2,1H3,(H,16,17)/t10-/m0/s1. The van der Waals surface area contributed by atoms with E-state index in [0.29, 0.717) is 10.6 Å². The van der Waals surface area contributed by atoms with Crippen LogP contribution in [0.2, 0.25) is 5.02 Å².